The minimum Gasteiger partial charge on any atom is -0.351 e. The summed E-state index contributed by atoms with van der Waals surface area (Å²) in [6, 6.07) is 2.04. The molecule has 0 aromatic heterocycles. The molecule has 0 spiro atoms. The zero-order chi connectivity index (χ0) is 11.0. The van der Waals surface area contributed by atoms with Gasteiger partial charge in [-0.05, 0) is 19.8 Å². The van der Waals surface area contributed by atoms with E-state index in [2.05, 4.69) is 5.32 Å². The molecule has 1 fully saturated rings. The highest BCUT2D eigenvalue weighted by molar-refractivity contribution is 5.88. The van der Waals surface area contributed by atoms with Gasteiger partial charge in [0.2, 0.25) is 5.91 Å². The fraction of sp³-hybridized carbons (Fsp3) is 0.636. The van der Waals surface area contributed by atoms with E-state index < -0.39 is 5.41 Å². The lowest BCUT2D eigenvalue weighted by Gasteiger charge is -2.04. The zero-order valence-corrected chi connectivity index (χ0v) is 9.13. The van der Waals surface area contributed by atoms with Crippen molar-refractivity contribution in [3.05, 3.63) is 12.2 Å². The third-order valence-electron chi connectivity index (χ3n) is 2.01. The van der Waals surface area contributed by atoms with Gasteiger partial charge in [-0.15, -0.1) is 0 Å². The molecule has 78 valence electrons. The Labute approximate surface area is 85.8 Å². The van der Waals surface area contributed by atoms with Gasteiger partial charge >= 0.3 is 0 Å². The first-order valence-electron chi connectivity index (χ1n) is 5.06. The highest BCUT2D eigenvalue weighted by Crippen LogP contribution is 2.44. The van der Waals surface area contributed by atoms with Crippen LogP contribution in [0.15, 0.2) is 12.2 Å². The number of rotatable bonds is 3. The highest BCUT2D eigenvalue weighted by Gasteiger charge is 2.50. The average molecular weight is 194 g/mol. The van der Waals surface area contributed by atoms with E-state index in [1.54, 1.807) is 0 Å². The summed E-state index contributed by atoms with van der Waals surface area (Å²) in [5.74, 6) is -0.122. The van der Waals surface area contributed by atoms with Crippen molar-refractivity contribution in [1.29, 1.82) is 5.26 Å². The molecule has 0 unspecified atom stereocenters. The number of hydrogen-bond acceptors (Lipinski definition) is 2. The molecule has 1 N–H and O–H groups in total. The Morgan fingerprint density at radius 3 is 2.50 bits per heavy atom. The monoisotopic (exact) mass is 194 g/mol. The summed E-state index contributed by atoms with van der Waals surface area (Å²) in [4.78, 5) is 11.3. The normalized spacial score (nSPS) is 16.4. The smallest absolute Gasteiger partial charge is 0.240 e. The van der Waals surface area contributed by atoms with Crippen molar-refractivity contribution in [2.24, 2.45) is 5.41 Å². The van der Waals surface area contributed by atoms with Crippen molar-refractivity contribution in [3.63, 3.8) is 0 Å². The Bertz CT molecular complexity index is 247. The van der Waals surface area contributed by atoms with E-state index in [0.717, 1.165) is 0 Å². The van der Waals surface area contributed by atoms with Gasteiger partial charge < -0.3 is 5.32 Å². The number of amides is 1. The predicted molar refractivity (Wildman–Crippen MR) is 56.5 cm³/mol. The fourth-order valence-electron chi connectivity index (χ4n) is 0.953. The van der Waals surface area contributed by atoms with Gasteiger partial charge in [-0.25, -0.2) is 0 Å². The minimum atomic E-state index is -0.679. The maximum absolute atomic E-state index is 11.3. The van der Waals surface area contributed by atoms with Gasteiger partial charge in [0.1, 0.15) is 5.41 Å². The van der Waals surface area contributed by atoms with Gasteiger partial charge in [0.05, 0.1) is 6.07 Å². The number of carbonyl (C=O) groups excluding carboxylic acids is 1. The number of allylic oxidation sites excluding steroid dienone is 1. The van der Waals surface area contributed by atoms with Crippen LogP contribution in [0.3, 0.4) is 0 Å². The molecular formula is C11H18N2O. The first-order chi connectivity index (χ1) is 6.75. The summed E-state index contributed by atoms with van der Waals surface area (Å²) in [6.07, 6.45) is 5.15. The summed E-state index contributed by atoms with van der Waals surface area (Å²) in [5.41, 5.74) is -0.679. The van der Waals surface area contributed by atoms with Crippen molar-refractivity contribution < 1.29 is 4.79 Å². The van der Waals surface area contributed by atoms with Crippen LogP contribution in [0.2, 0.25) is 0 Å². The van der Waals surface area contributed by atoms with Gasteiger partial charge in [-0.1, -0.05) is 26.0 Å². The molecule has 1 saturated carbocycles. The van der Waals surface area contributed by atoms with E-state index >= 15 is 0 Å². The van der Waals surface area contributed by atoms with E-state index in [-0.39, 0.29) is 5.91 Å². The third-order valence-corrected chi connectivity index (χ3v) is 2.01. The molecular weight excluding hydrogens is 176 g/mol. The SMILES string of the molecule is C/C=C/CNC(=O)C1(C#N)CC1.CC. The highest BCUT2D eigenvalue weighted by atomic mass is 16.2. The molecule has 3 heteroatoms. The Morgan fingerprint density at radius 2 is 2.14 bits per heavy atom. The second kappa shape index (κ2) is 6.20. The van der Waals surface area contributed by atoms with Gasteiger partial charge in [0.15, 0.2) is 0 Å². The Kier molecular flexibility index (Phi) is 5.62. The zero-order valence-electron chi connectivity index (χ0n) is 9.13. The van der Waals surface area contributed by atoms with Crippen LogP contribution in [0.25, 0.3) is 0 Å². The maximum Gasteiger partial charge on any atom is 0.240 e. The second-order valence-electron chi connectivity index (χ2n) is 2.97. The number of nitriles is 1. The molecule has 0 saturated heterocycles. The lowest BCUT2D eigenvalue weighted by atomic mass is 10.1. The number of hydrogen-bond donors (Lipinski definition) is 1. The number of nitrogens with one attached hydrogen (secondary N) is 1. The van der Waals surface area contributed by atoms with Crippen LogP contribution in [-0.4, -0.2) is 12.5 Å². The van der Waals surface area contributed by atoms with Crippen LogP contribution < -0.4 is 5.32 Å². The van der Waals surface area contributed by atoms with Crippen molar-refractivity contribution in [1.82, 2.24) is 5.32 Å². The molecule has 0 aromatic carbocycles. The molecule has 0 aliphatic heterocycles. The molecule has 1 aliphatic carbocycles. The Hall–Kier alpha value is -1.30. The molecule has 1 amide bonds. The topological polar surface area (TPSA) is 52.9 Å². The predicted octanol–water partition coefficient (Wildman–Crippen LogP) is 2.01. The molecule has 3 nitrogen and oxygen atoms in total. The van der Waals surface area contributed by atoms with Crippen LogP contribution in [0.4, 0.5) is 0 Å². The van der Waals surface area contributed by atoms with Gasteiger partial charge in [-0.2, -0.15) is 5.26 Å². The molecule has 1 aliphatic rings. The minimum absolute atomic E-state index is 0.122. The van der Waals surface area contributed by atoms with Crippen molar-refractivity contribution in [3.8, 4) is 6.07 Å². The van der Waals surface area contributed by atoms with Crippen LogP contribution in [0, 0.1) is 16.7 Å². The Balaban J connectivity index is 0.000000791. The van der Waals surface area contributed by atoms with E-state index in [1.807, 2.05) is 39.0 Å². The number of carbonyl (C=O) groups is 1. The van der Waals surface area contributed by atoms with E-state index in [9.17, 15) is 4.79 Å². The molecule has 0 aromatic rings. The van der Waals surface area contributed by atoms with Crippen molar-refractivity contribution in [2.45, 2.75) is 33.6 Å². The largest absolute Gasteiger partial charge is 0.351 e. The van der Waals surface area contributed by atoms with Crippen LogP contribution in [-0.2, 0) is 4.79 Å². The second-order valence-corrected chi connectivity index (χ2v) is 2.97. The standard InChI is InChI=1S/C9H12N2O.C2H6/c1-2-3-6-11-8(12)9(7-10)4-5-9;1-2/h2-3H,4-6H2,1H3,(H,11,12);1-2H3/b3-2+;. The van der Waals surface area contributed by atoms with Gasteiger partial charge in [-0.3, -0.25) is 4.79 Å². The van der Waals surface area contributed by atoms with E-state index in [0.29, 0.717) is 19.4 Å². The lowest BCUT2D eigenvalue weighted by Crippen LogP contribution is -2.31. The summed E-state index contributed by atoms with van der Waals surface area (Å²) in [5, 5.41) is 11.3. The maximum atomic E-state index is 11.3. The molecule has 0 atom stereocenters. The van der Waals surface area contributed by atoms with Crippen molar-refractivity contribution >= 4 is 5.91 Å². The molecule has 0 radical (unpaired) electrons. The molecule has 14 heavy (non-hydrogen) atoms. The fourth-order valence-corrected chi connectivity index (χ4v) is 0.953. The summed E-state index contributed by atoms with van der Waals surface area (Å²) < 4.78 is 0. The van der Waals surface area contributed by atoms with E-state index in [4.69, 9.17) is 5.26 Å². The molecule has 0 bridgehead atoms. The van der Waals surface area contributed by atoms with E-state index in [1.165, 1.54) is 0 Å². The average Bonchev–Trinajstić information content (AvgIpc) is 3.02. The first-order valence-corrected chi connectivity index (χ1v) is 5.06. The summed E-state index contributed by atoms with van der Waals surface area (Å²) >= 11 is 0. The van der Waals surface area contributed by atoms with Crippen molar-refractivity contribution in [2.75, 3.05) is 6.54 Å². The van der Waals surface area contributed by atoms with Crippen LogP contribution in [0.5, 0.6) is 0 Å². The number of nitrogens with zero attached hydrogens (tertiary/aromatic N) is 1. The van der Waals surface area contributed by atoms with Gasteiger partial charge in [0.25, 0.3) is 0 Å². The van der Waals surface area contributed by atoms with Crippen LogP contribution in [0.1, 0.15) is 33.6 Å². The summed E-state index contributed by atoms with van der Waals surface area (Å²) in [7, 11) is 0. The van der Waals surface area contributed by atoms with Crippen LogP contribution >= 0.6 is 0 Å². The quantitative estimate of drug-likeness (QED) is 0.699. The van der Waals surface area contributed by atoms with Gasteiger partial charge in [0, 0.05) is 6.54 Å². The molecule has 0 heterocycles. The lowest BCUT2D eigenvalue weighted by molar-refractivity contribution is -0.124. The third kappa shape index (κ3) is 3.21. The first kappa shape index (κ1) is 12.7. The molecule has 1 rings (SSSR count). The summed E-state index contributed by atoms with van der Waals surface area (Å²) in [6.45, 7) is 6.42. The Morgan fingerprint density at radius 1 is 1.57 bits per heavy atom.